The molecular formula is C21H24N2O4S. The lowest BCUT2D eigenvalue weighted by molar-refractivity contribution is 0.100. The maximum Gasteiger partial charge on any atom is 0.250 e. The van der Waals surface area contributed by atoms with Gasteiger partial charge in [0, 0.05) is 23.1 Å². The van der Waals surface area contributed by atoms with E-state index in [-0.39, 0.29) is 5.92 Å². The lowest BCUT2D eigenvalue weighted by Gasteiger charge is -2.39. The van der Waals surface area contributed by atoms with Gasteiger partial charge in [0.2, 0.25) is 0 Å². The standard InChI is InChI=1S/C21H24N2O4S/c1-27-16-4-2-13(3-5-16)15-10-17-19(14-6-8-28(25,26)9-7-14)12-23-20(17)18(11-15)21(22)24/h2-5,10-12,14,23,25-26H,6-9H2,1H3,(H2,22,24). The minimum atomic E-state index is -2.44. The molecule has 0 saturated carbocycles. The Bertz CT molecular complexity index is 1020. The van der Waals surface area contributed by atoms with Gasteiger partial charge in [0.15, 0.2) is 0 Å². The number of carbonyl (C=O) groups is 1. The highest BCUT2D eigenvalue weighted by atomic mass is 32.3. The molecule has 5 N–H and O–H groups in total. The van der Waals surface area contributed by atoms with E-state index in [9.17, 15) is 13.9 Å². The van der Waals surface area contributed by atoms with Crippen molar-refractivity contribution < 1.29 is 18.6 Å². The van der Waals surface area contributed by atoms with Crippen LogP contribution in [0, 0.1) is 0 Å². The van der Waals surface area contributed by atoms with Crippen LogP contribution in [0.4, 0.5) is 0 Å². The minimum absolute atomic E-state index is 0.223. The predicted octanol–water partition coefficient (Wildman–Crippen LogP) is 4.57. The first-order valence-electron chi connectivity index (χ1n) is 9.21. The summed E-state index contributed by atoms with van der Waals surface area (Å²) in [7, 11) is -0.813. The van der Waals surface area contributed by atoms with E-state index in [1.54, 1.807) is 7.11 Å². The normalized spacial score (nSPS) is 18.1. The largest absolute Gasteiger partial charge is 0.497 e. The van der Waals surface area contributed by atoms with E-state index in [0.29, 0.717) is 29.9 Å². The monoisotopic (exact) mass is 400 g/mol. The molecule has 0 atom stereocenters. The summed E-state index contributed by atoms with van der Waals surface area (Å²) in [6.45, 7) is 0. The smallest absolute Gasteiger partial charge is 0.250 e. The Kier molecular flexibility index (Phi) is 4.82. The van der Waals surface area contributed by atoms with Gasteiger partial charge in [-0.3, -0.25) is 13.9 Å². The number of amides is 1. The third kappa shape index (κ3) is 3.48. The number of nitrogens with two attached hydrogens (primary N) is 1. The average Bonchev–Trinajstić information content (AvgIpc) is 3.11. The van der Waals surface area contributed by atoms with E-state index in [4.69, 9.17) is 10.5 Å². The first-order valence-corrected chi connectivity index (χ1v) is 11.1. The summed E-state index contributed by atoms with van der Waals surface area (Å²) in [6, 6.07) is 11.5. The lowest BCUT2D eigenvalue weighted by atomic mass is 9.91. The van der Waals surface area contributed by atoms with E-state index in [1.807, 2.05) is 36.5 Å². The number of aromatic nitrogens is 1. The number of methoxy groups -OCH3 is 1. The highest BCUT2D eigenvalue weighted by Gasteiger charge is 2.27. The topological polar surface area (TPSA) is 109 Å². The molecule has 0 unspecified atom stereocenters. The van der Waals surface area contributed by atoms with Crippen molar-refractivity contribution in [1.82, 2.24) is 4.98 Å². The summed E-state index contributed by atoms with van der Waals surface area (Å²) < 4.78 is 25.1. The second kappa shape index (κ2) is 7.16. The molecule has 1 saturated heterocycles. The fourth-order valence-electron chi connectivity index (χ4n) is 3.95. The van der Waals surface area contributed by atoms with Crippen molar-refractivity contribution in [2.24, 2.45) is 5.73 Å². The lowest BCUT2D eigenvalue weighted by Crippen LogP contribution is -2.19. The Balaban J connectivity index is 1.80. The maximum absolute atomic E-state index is 12.1. The Morgan fingerprint density at radius 3 is 2.43 bits per heavy atom. The van der Waals surface area contributed by atoms with Crippen LogP contribution in [0.5, 0.6) is 5.75 Å². The summed E-state index contributed by atoms with van der Waals surface area (Å²) >= 11 is 0. The van der Waals surface area contributed by atoms with Crippen LogP contribution in [0.25, 0.3) is 22.0 Å². The van der Waals surface area contributed by atoms with E-state index >= 15 is 0 Å². The van der Waals surface area contributed by atoms with Gasteiger partial charge >= 0.3 is 0 Å². The summed E-state index contributed by atoms with van der Waals surface area (Å²) in [5.41, 5.74) is 9.82. The number of rotatable bonds is 4. The maximum atomic E-state index is 12.1. The number of benzene rings is 2. The van der Waals surface area contributed by atoms with Gasteiger partial charge in [-0.25, -0.2) is 0 Å². The van der Waals surface area contributed by atoms with Crippen LogP contribution in [-0.4, -0.2) is 38.6 Å². The number of hydrogen-bond donors (Lipinski definition) is 4. The van der Waals surface area contributed by atoms with Crippen molar-refractivity contribution in [2.45, 2.75) is 18.8 Å². The van der Waals surface area contributed by atoms with Crippen molar-refractivity contribution in [2.75, 3.05) is 18.6 Å². The molecule has 2 aromatic carbocycles. The molecule has 1 amide bonds. The van der Waals surface area contributed by atoms with Gasteiger partial charge in [-0.15, -0.1) is 0 Å². The molecule has 7 heteroatoms. The molecular weight excluding hydrogens is 376 g/mol. The van der Waals surface area contributed by atoms with Gasteiger partial charge in [-0.05, 0) is 59.7 Å². The molecule has 2 heterocycles. The third-order valence-corrected chi connectivity index (χ3v) is 7.32. The predicted molar refractivity (Wildman–Crippen MR) is 113 cm³/mol. The molecule has 4 rings (SSSR count). The molecule has 1 aliphatic rings. The highest BCUT2D eigenvalue weighted by Crippen LogP contribution is 2.49. The number of aromatic amines is 1. The van der Waals surface area contributed by atoms with E-state index in [1.165, 1.54) is 0 Å². The van der Waals surface area contributed by atoms with Crippen LogP contribution in [0.1, 0.15) is 34.7 Å². The van der Waals surface area contributed by atoms with Gasteiger partial charge in [-0.1, -0.05) is 12.1 Å². The average molecular weight is 401 g/mol. The molecule has 0 bridgehead atoms. The van der Waals surface area contributed by atoms with Crippen LogP contribution in [0.3, 0.4) is 0 Å². The Labute approximate surface area is 165 Å². The quantitative estimate of drug-likeness (QED) is 0.514. The molecule has 28 heavy (non-hydrogen) atoms. The van der Waals surface area contributed by atoms with Crippen molar-refractivity contribution in [3.63, 3.8) is 0 Å². The molecule has 6 nitrogen and oxygen atoms in total. The van der Waals surface area contributed by atoms with Crippen molar-refractivity contribution >= 4 is 27.4 Å². The molecule has 0 radical (unpaired) electrons. The van der Waals surface area contributed by atoms with E-state index < -0.39 is 16.5 Å². The molecule has 1 aliphatic heterocycles. The number of primary amides is 1. The SMILES string of the molecule is COc1ccc(-c2cc(C(N)=O)c3[nH]cc(C4CCS(O)(O)CC4)c3c2)cc1. The number of hydrogen-bond acceptors (Lipinski definition) is 4. The zero-order valence-electron chi connectivity index (χ0n) is 15.6. The van der Waals surface area contributed by atoms with Crippen LogP contribution in [0.15, 0.2) is 42.6 Å². The molecule has 148 valence electrons. The number of ether oxygens (including phenoxy) is 1. The van der Waals surface area contributed by atoms with Crippen LogP contribution in [0.2, 0.25) is 0 Å². The zero-order valence-corrected chi connectivity index (χ0v) is 16.5. The van der Waals surface area contributed by atoms with Gasteiger partial charge in [0.1, 0.15) is 5.75 Å². The summed E-state index contributed by atoms with van der Waals surface area (Å²) in [5, 5.41) is 0.963. The van der Waals surface area contributed by atoms with Gasteiger partial charge in [-0.2, -0.15) is 10.6 Å². The fourth-order valence-corrected chi connectivity index (χ4v) is 5.48. The van der Waals surface area contributed by atoms with Gasteiger partial charge in [0.25, 0.3) is 5.91 Å². The first-order chi connectivity index (χ1) is 13.4. The zero-order chi connectivity index (χ0) is 19.9. The van der Waals surface area contributed by atoms with Crippen LogP contribution < -0.4 is 10.5 Å². The molecule has 0 aliphatic carbocycles. The summed E-state index contributed by atoms with van der Waals surface area (Å²) in [4.78, 5) is 15.3. The van der Waals surface area contributed by atoms with Crippen molar-refractivity contribution in [1.29, 1.82) is 0 Å². The third-order valence-electron chi connectivity index (χ3n) is 5.54. The second-order valence-corrected chi connectivity index (χ2v) is 9.69. The molecule has 1 fully saturated rings. The van der Waals surface area contributed by atoms with E-state index in [2.05, 4.69) is 11.1 Å². The number of fused-ring (bicyclic) bond motifs is 1. The summed E-state index contributed by atoms with van der Waals surface area (Å²) in [5.74, 6) is 1.35. The fraction of sp³-hybridized carbons (Fsp3) is 0.286. The second-order valence-electron chi connectivity index (χ2n) is 7.27. The number of carbonyl (C=O) groups excluding carboxylic acids is 1. The van der Waals surface area contributed by atoms with Crippen LogP contribution >= 0.6 is 10.6 Å². The Hall–Kier alpha value is -2.48. The van der Waals surface area contributed by atoms with Crippen molar-refractivity contribution in [3.05, 3.63) is 53.7 Å². The molecule has 0 spiro atoms. The molecule has 3 aromatic rings. The van der Waals surface area contributed by atoms with Crippen LogP contribution in [-0.2, 0) is 0 Å². The number of H-pyrrole nitrogens is 1. The first kappa shape index (κ1) is 18.9. The number of nitrogens with one attached hydrogen (secondary N) is 1. The van der Waals surface area contributed by atoms with E-state index in [0.717, 1.165) is 33.3 Å². The minimum Gasteiger partial charge on any atom is -0.497 e. The highest BCUT2D eigenvalue weighted by molar-refractivity contribution is 8.24. The molecule has 1 aromatic heterocycles. The Morgan fingerprint density at radius 1 is 1.14 bits per heavy atom. The van der Waals surface area contributed by atoms with Gasteiger partial charge < -0.3 is 15.5 Å². The van der Waals surface area contributed by atoms with Crippen molar-refractivity contribution in [3.8, 4) is 16.9 Å². The van der Waals surface area contributed by atoms with Gasteiger partial charge in [0.05, 0.1) is 18.2 Å². The summed E-state index contributed by atoms with van der Waals surface area (Å²) in [6.07, 6.45) is 3.36. The Morgan fingerprint density at radius 2 is 1.82 bits per heavy atom.